The zero-order valence-corrected chi connectivity index (χ0v) is 12.7. The summed E-state index contributed by atoms with van der Waals surface area (Å²) in [4.78, 5) is 12.7. The van der Waals surface area contributed by atoms with Crippen molar-refractivity contribution in [2.75, 3.05) is 7.11 Å². The summed E-state index contributed by atoms with van der Waals surface area (Å²) in [6.45, 7) is 3.37. The van der Waals surface area contributed by atoms with E-state index < -0.39 is 11.7 Å². The minimum absolute atomic E-state index is 0.122. The Labute approximate surface area is 129 Å². The van der Waals surface area contributed by atoms with Gasteiger partial charge in [-0.3, -0.25) is 4.57 Å². The van der Waals surface area contributed by atoms with Gasteiger partial charge in [-0.15, -0.1) is 0 Å². The van der Waals surface area contributed by atoms with Crippen LogP contribution in [0.3, 0.4) is 0 Å². The SMILES string of the molecule is CON=C(C)c1cn(-c2ncc(C(F)(F)F)cc2Cl)c(C)n1. The van der Waals surface area contributed by atoms with Crippen LogP contribution in [0.2, 0.25) is 5.02 Å². The number of hydrogen-bond acceptors (Lipinski definition) is 4. The molecule has 0 radical (unpaired) electrons. The molecule has 5 nitrogen and oxygen atoms in total. The first kappa shape index (κ1) is 16.3. The Hall–Kier alpha value is -2.09. The van der Waals surface area contributed by atoms with Gasteiger partial charge >= 0.3 is 6.18 Å². The summed E-state index contributed by atoms with van der Waals surface area (Å²) < 4.78 is 39.4. The maximum absolute atomic E-state index is 12.6. The van der Waals surface area contributed by atoms with Crippen LogP contribution in [0, 0.1) is 6.92 Å². The number of hydrogen-bond donors (Lipinski definition) is 0. The van der Waals surface area contributed by atoms with Gasteiger partial charge in [-0.05, 0) is 19.9 Å². The lowest BCUT2D eigenvalue weighted by Crippen LogP contribution is -2.08. The lowest BCUT2D eigenvalue weighted by atomic mass is 10.2. The number of pyridine rings is 1. The van der Waals surface area contributed by atoms with Crippen molar-refractivity contribution >= 4 is 17.3 Å². The third kappa shape index (κ3) is 3.22. The molecular formula is C13H12ClF3N4O. The number of imidazole rings is 1. The van der Waals surface area contributed by atoms with Gasteiger partial charge in [0, 0.05) is 12.4 Å². The largest absolute Gasteiger partial charge is 0.417 e. The summed E-state index contributed by atoms with van der Waals surface area (Å²) in [5.41, 5.74) is 0.126. The van der Waals surface area contributed by atoms with Crippen LogP contribution >= 0.6 is 11.6 Å². The number of alkyl halides is 3. The Bertz CT molecular complexity index is 725. The Balaban J connectivity index is 2.47. The Morgan fingerprint density at radius 2 is 2.09 bits per heavy atom. The molecule has 0 amide bonds. The van der Waals surface area contributed by atoms with Gasteiger partial charge in [0.1, 0.15) is 24.3 Å². The molecule has 0 saturated heterocycles. The van der Waals surface area contributed by atoms with Gasteiger partial charge in [0.25, 0.3) is 0 Å². The third-order valence-electron chi connectivity index (χ3n) is 2.86. The zero-order chi connectivity index (χ0) is 16.5. The maximum atomic E-state index is 12.6. The zero-order valence-electron chi connectivity index (χ0n) is 11.9. The molecule has 22 heavy (non-hydrogen) atoms. The number of aryl methyl sites for hydroxylation is 1. The topological polar surface area (TPSA) is 52.3 Å². The fourth-order valence-electron chi connectivity index (χ4n) is 1.81. The quantitative estimate of drug-likeness (QED) is 0.637. The molecule has 2 aromatic rings. The van der Waals surface area contributed by atoms with E-state index in [1.165, 1.54) is 11.7 Å². The molecule has 0 bridgehead atoms. The molecule has 2 aromatic heterocycles. The molecule has 0 aliphatic rings. The second-order valence-corrected chi connectivity index (χ2v) is 4.84. The second kappa shape index (κ2) is 5.96. The van der Waals surface area contributed by atoms with E-state index in [4.69, 9.17) is 11.6 Å². The van der Waals surface area contributed by atoms with Crippen LogP contribution in [-0.2, 0) is 11.0 Å². The fourth-order valence-corrected chi connectivity index (χ4v) is 2.07. The number of nitrogens with zero attached hydrogens (tertiary/aromatic N) is 4. The Morgan fingerprint density at radius 1 is 1.41 bits per heavy atom. The summed E-state index contributed by atoms with van der Waals surface area (Å²) >= 11 is 5.93. The number of aromatic nitrogens is 3. The minimum atomic E-state index is -4.49. The average molecular weight is 333 g/mol. The van der Waals surface area contributed by atoms with Gasteiger partial charge in [-0.2, -0.15) is 13.2 Å². The van der Waals surface area contributed by atoms with E-state index in [0.717, 1.165) is 12.3 Å². The molecule has 0 spiro atoms. The Morgan fingerprint density at radius 3 is 2.64 bits per heavy atom. The van der Waals surface area contributed by atoms with E-state index in [-0.39, 0.29) is 10.8 Å². The van der Waals surface area contributed by atoms with Gasteiger partial charge in [0.15, 0.2) is 5.82 Å². The summed E-state index contributed by atoms with van der Waals surface area (Å²) in [5, 5.41) is 3.63. The van der Waals surface area contributed by atoms with Crippen LogP contribution in [0.1, 0.15) is 24.0 Å². The van der Waals surface area contributed by atoms with E-state index >= 15 is 0 Å². The third-order valence-corrected chi connectivity index (χ3v) is 3.14. The maximum Gasteiger partial charge on any atom is 0.417 e. The van der Waals surface area contributed by atoms with E-state index in [1.807, 2.05) is 0 Å². The molecule has 2 rings (SSSR count). The van der Waals surface area contributed by atoms with Gasteiger partial charge in [-0.25, -0.2) is 9.97 Å². The second-order valence-electron chi connectivity index (χ2n) is 4.43. The van der Waals surface area contributed by atoms with Crippen molar-refractivity contribution in [2.45, 2.75) is 20.0 Å². The van der Waals surface area contributed by atoms with Crippen LogP contribution in [0.25, 0.3) is 5.82 Å². The van der Waals surface area contributed by atoms with Crippen molar-refractivity contribution in [1.29, 1.82) is 0 Å². The monoisotopic (exact) mass is 332 g/mol. The van der Waals surface area contributed by atoms with Gasteiger partial charge in [-0.1, -0.05) is 16.8 Å². The number of oxime groups is 1. The smallest absolute Gasteiger partial charge is 0.399 e. The van der Waals surface area contributed by atoms with Gasteiger partial charge < -0.3 is 4.84 Å². The molecule has 0 aliphatic heterocycles. The summed E-state index contributed by atoms with van der Waals surface area (Å²) in [7, 11) is 1.40. The molecule has 0 N–H and O–H groups in total. The van der Waals surface area contributed by atoms with Crippen LogP contribution in [-0.4, -0.2) is 27.4 Å². The molecule has 0 unspecified atom stereocenters. The van der Waals surface area contributed by atoms with Crippen LogP contribution < -0.4 is 0 Å². The number of halogens is 4. The predicted octanol–water partition coefficient (Wildman–Crippen LogP) is 3.62. The lowest BCUT2D eigenvalue weighted by Gasteiger charge is -2.10. The molecular weight excluding hydrogens is 321 g/mol. The van der Waals surface area contributed by atoms with Crippen molar-refractivity contribution in [1.82, 2.24) is 14.5 Å². The highest BCUT2D eigenvalue weighted by atomic mass is 35.5. The molecule has 2 heterocycles. The standard InChI is InChI=1S/C13H12ClF3N4O/c1-7(20-22-3)11-6-21(8(2)19-11)12-10(14)4-9(5-18-12)13(15,16)17/h4-6H,1-3H3. The van der Waals surface area contributed by atoms with E-state index in [0.29, 0.717) is 17.2 Å². The summed E-state index contributed by atoms with van der Waals surface area (Å²) in [6, 6.07) is 0.832. The van der Waals surface area contributed by atoms with Crippen LogP contribution in [0.15, 0.2) is 23.6 Å². The molecule has 9 heteroatoms. The minimum Gasteiger partial charge on any atom is -0.399 e. The van der Waals surface area contributed by atoms with Crippen molar-refractivity contribution in [3.63, 3.8) is 0 Å². The molecule has 0 aromatic carbocycles. The van der Waals surface area contributed by atoms with Crippen molar-refractivity contribution in [3.8, 4) is 5.82 Å². The van der Waals surface area contributed by atoms with Crippen LogP contribution in [0.4, 0.5) is 13.2 Å². The fraction of sp³-hybridized carbons (Fsp3) is 0.308. The van der Waals surface area contributed by atoms with Gasteiger partial charge in [0.2, 0.25) is 0 Å². The lowest BCUT2D eigenvalue weighted by molar-refractivity contribution is -0.137. The van der Waals surface area contributed by atoms with Crippen LogP contribution in [0.5, 0.6) is 0 Å². The van der Waals surface area contributed by atoms with Gasteiger partial charge in [0.05, 0.1) is 10.6 Å². The summed E-state index contributed by atoms with van der Waals surface area (Å²) in [6.07, 6.45) is -2.18. The first-order valence-corrected chi connectivity index (χ1v) is 6.49. The molecule has 118 valence electrons. The highest BCUT2D eigenvalue weighted by Crippen LogP contribution is 2.32. The normalized spacial score (nSPS) is 12.6. The highest BCUT2D eigenvalue weighted by molar-refractivity contribution is 6.32. The summed E-state index contributed by atoms with van der Waals surface area (Å²) in [5.74, 6) is 0.672. The highest BCUT2D eigenvalue weighted by Gasteiger charge is 2.31. The molecule has 0 atom stereocenters. The van der Waals surface area contributed by atoms with Crippen molar-refractivity contribution in [3.05, 3.63) is 40.6 Å². The molecule has 0 saturated carbocycles. The average Bonchev–Trinajstić information content (AvgIpc) is 2.80. The molecule has 0 fully saturated rings. The first-order valence-electron chi connectivity index (χ1n) is 6.11. The predicted molar refractivity (Wildman–Crippen MR) is 75.3 cm³/mol. The van der Waals surface area contributed by atoms with Crippen molar-refractivity contribution < 1.29 is 18.0 Å². The van der Waals surface area contributed by atoms with E-state index in [9.17, 15) is 13.2 Å². The first-order chi connectivity index (χ1) is 10.2. The van der Waals surface area contributed by atoms with Crippen molar-refractivity contribution in [2.24, 2.45) is 5.16 Å². The van der Waals surface area contributed by atoms with E-state index in [1.54, 1.807) is 20.0 Å². The Kier molecular flexibility index (Phi) is 4.41. The molecule has 0 aliphatic carbocycles. The number of rotatable bonds is 3. The van der Waals surface area contributed by atoms with E-state index in [2.05, 4.69) is 20.0 Å².